The Hall–Kier alpha value is -0.290. The fraction of sp³-hybridized carbons (Fsp3) is 0.125. The molecule has 1 aromatic rings. The summed E-state index contributed by atoms with van der Waals surface area (Å²) in [5.41, 5.74) is 7.30. The SMILES string of the molecule is Cc1ccc(Cl)nc1/C(I)=C\N. The van der Waals surface area contributed by atoms with Crippen LogP contribution in [-0.4, -0.2) is 4.98 Å². The lowest BCUT2D eigenvalue weighted by Gasteiger charge is -2.02. The highest BCUT2D eigenvalue weighted by atomic mass is 127. The van der Waals surface area contributed by atoms with Gasteiger partial charge in [0.15, 0.2) is 0 Å². The molecule has 0 atom stereocenters. The molecule has 2 N–H and O–H groups in total. The van der Waals surface area contributed by atoms with Gasteiger partial charge in [0.25, 0.3) is 0 Å². The summed E-state index contributed by atoms with van der Waals surface area (Å²) in [4.78, 5) is 4.15. The van der Waals surface area contributed by atoms with Crippen molar-refractivity contribution < 1.29 is 0 Å². The van der Waals surface area contributed by atoms with Gasteiger partial charge < -0.3 is 5.73 Å². The van der Waals surface area contributed by atoms with Crippen LogP contribution in [0.3, 0.4) is 0 Å². The van der Waals surface area contributed by atoms with Crippen molar-refractivity contribution in [2.75, 3.05) is 0 Å². The van der Waals surface area contributed by atoms with Crippen molar-refractivity contribution in [3.8, 4) is 0 Å². The number of pyridine rings is 1. The molecule has 0 fully saturated rings. The minimum absolute atomic E-state index is 0.492. The van der Waals surface area contributed by atoms with Gasteiger partial charge in [-0.1, -0.05) is 17.7 Å². The molecule has 64 valence electrons. The monoisotopic (exact) mass is 294 g/mol. The summed E-state index contributed by atoms with van der Waals surface area (Å²) in [6.07, 6.45) is 1.52. The van der Waals surface area contributed by atoms with Crippen LogP contribution in [0.5, 0.6) is 0 Å². The zero-order valence-corrected chi connectivity index (χ0v) is 9.43. The smallest absolute Gasteiger partial charge is 0.129 e. The Morgan fingerprint density at radius 3 is 2.92 bits per heavy atom. The van der Waals surface area contributed by atoms with Gasteiger partial charge >= 0.3 is 0 Å². The van der Waals surface area contributed by atoms with Crippen LogP contribution in [0.1, 0.15) is 11.3 Å². The van der Waals surface area contributed by atoms with Crippen LogP contribution in [0.4, 0.5) is 0 Å². The quantitative estimate of drug-likeness (QED) is 0.639. The van der Waals surface area contributed by atoms with Gasteiger partial charge in [0, 0.05) is 6.20 Å². The molecular weight excluding hydrogens is 286 g/mol. The standard InChI is InChI=1S/C8H8ClIN2/c1-5-2-3-7(9)12-8(5)6(10)4-11/h2-4H,11H2,1H3/b6-4+. The first-order chi connectivity index (χ1) is 5.65. The zero-order chi connectivity index (χ0) is 9.14. The molecule has 2 nitrogen and oxygen atoms in total. The van der Waals surface area contributed by atoms with Crippen LogP contribution in [0.25, 0.3) is 3.58 Å². The first kappa shape index (κ1) is 9.80. The molecule has 1 rings (SSSR count). The summed E-state index contributed by atoms with van der Waals surface area (Å²) in [5.74, 6) is 0. The lowest BCUT2D eigenvalue weighted by molar-refractivity contribution is 1.23. The maximum absolute atomic E-state index is 5.74. The second kappa shape index (κ2) is 4.09. The molecule has 4 heteroatoms. The first-order valence-electron chi connectivity index (χ1n) is 3.36. The third-order valence-corrected chi connectivity index (χ3v) is 2.52. The second-order valence-electron chi connectivity index (χ2n) is 2.31. The Morgan fingerprint density at radius 2 is 2.33 bits per heavy atom. The number of aromatic nitrogens is 1. The van der Waals surface area contributed by atoms with E-state index in [-0.39, 0.29) is 0 Å². The Morgan fingerprint density at radius 1 is 1.67 bits per heavy atom. The maximum atomic E-state index is 5.74. The van der Waals surface area contributed by atoms with Crippen molar-refractivity contribution in [2.24, 2.45) is 5.73 Å². The molecule has 0 saturated heterocycles. The molecule has 0 saturated carbocycles. The van der Waals surface area contributed by atoms with E-state index in [1.54, 1.807) is 6.07 Å². The average Bonchev–Trinajstić information content (AvgIpc) is 2.08. The van der Waals surface area contributed by atoms with E-state index in [9.17, 15) is 0 Å². The summed E-state index contributed by atoms with van der Waals surface area (Å²) in [5, 5.41) is 0.492. The van der Waals surface area contributed by atoms with Crippen LogP contribution in [0.2, 0.25) is 5.15 Å². The first-order valence-corrected chi connectivity index (χ1v) is 4.81. The number of hydrogen-bond acceptors (Lipinski definition) is 2. The molecule has 0 aliphatic carbocycles. The van der Waals surface area contributed by atoms with Gasteiger partial charge in [-0.3, -0.25) is 0 Å². The molecule has 0 aliphatic rings. The van der Waals surface area contributed by atoms with Crippen LogP contribution in [0, 0.1) is 6.92 Å². The van der Waals surface area contributed by atoms with E-state index in [1.165, 1.54) is 6.20 Å². The Labute approximate surface area is 90.0 Å². The number of rotatable bonds is 1. The van der Waals surface area contributed by atoms with Gasteiger partial charge in [-0.2, -0.15) is 0 Å². The van der Waals surface area contributed by atoms with Crippen LogP contribution in [-0.2, 0) is 0 Å². The predicted octanol–water partition coefficient (Wildman–Crippen LogP) is 2.74. The second-order valence-corrected chi connectivity index (χ2v) is 3.86. The van der Waals surface area contributed by atoms with E-state index >= 15 is 0 Å². The molecule has 0 radical (unpaired) electrons. The number of hydrogen-bond donors (Lipinski definition) is 1. The summed E-state index contributed by atoms with van der Waals surface area (Å²) in [6, 6.07) is 3.69. The number of aryl methyl sites for hydroxylation is 1. The Bertz CT molecular complexity index is 323. The normalized spacial score (nSPS) is 11.8. The molecule has 0 amide bonds. The fourth-order valence-electron chi connectivity index (χ4n) is 0.826. The van der Waals surface area contributed by atoms with E-state index < -0.39 is 0 Å². The highest BCUT2D eigenvalue weighted by molar-refractivity contribution is 14.1. The third kappa shape index (κ3) is 2.10. The van der Waals surface area contributed by atoms with E-state index in [2.05, 4.69) is 27.6 Å². The van der Waals surface area contributed by atoms with Gasteiger partial charge in [-0.25, -0.2) is 4.98 Å². The maximum Gasteiger partial charge on any atom is 0.129 e. The van der Waals surface area contributed by atoms with Crippen LogP contribution in [0.15, 0.2) is 18.3 Å². The van der Waals surface area contributed by atoms with Gasteiger partial charge in [-0.05, 0) is 41.1 Å². The van der Waals surface area contributed by atoms with Crippen molar-refractivity contribution in [3.05, 3.63) is 34.7 Å². The molecular formula is C8H8ClIN2. The van der Waals surface area contributed by atoms with Crippen molar-refractivity contribution in [3.63, 3.8) is 0 Å². The predicted molar refractivity (Wildman–Crippen MR) is 60.2 cm³/mol. The van der Waals surface area contributed by atoms with Gasteiger partial charge in [-0.15, -0.1) is 0 Å². The molecule has 0 aliphatic heterocycles. The molecule has 1 aromatic heterocycles. The fourth-order valence-corrected chi connectivity index (χ4v) is 1.52. The summed E-state index contributed by atoms with van der Waals surface area (Å²) in [6.45, 7) is 1.97. The number of nitrogens with zero attached hydrogens (tertiary/aromatic N) is 1. The van der Waals surface area contributed by atoms with E-state index in [1.807, 2.05) is 13.0 Å². The minimum Gasteiger partial charge on any atom is -0.404 e. The number of halogens is 2. The molecule has 0 aromatic carbocycles. The Balaban J connectivity index is 3.23. The van der Waals surface area contributed by atoms with E-state index in [4.69, 9.17) is 17.3 Å². The van der Waals surface area contributed by atoms with Gasteiger partial charge in [0.1, 0.15) is 5.15 Å². The van der Waals surface area contributed by atoms with E-state index in [0.29, 0.717) is 5.15 Å². The van der Waals surface area contributed by atoms with Crippen molar-refractivity contribution in [2.45, 2.75) is 6.92 Å². The summed E-state index contributed by atoms with van der Waals surface area (Å²) >= 11 is 7.86. The molecule has 1 heterocycles. The van der Waals surface area contributed by atoms with Crippen LogP contribution < -0.4 is 5.73 Å². The molecule has 12 heavy (non-hydrogen) atoms. The molecule has 0 spiro atoms. The zero-order valence-electron chi connectivity index (χ0n) is 6.51. The highest BCUT2D eigenvalue weighted by Crippen LogP contribution is 2.23. The third-order valence-electron chi connectivity index (χ3n) is 1.44. The largest absolute Gasteiger partial charge is 0.404 e. The highest BCUT2D eigenvalue weighted by Gasteiger charge is 2.03. The Kier molecular flexibility index (Phi) is 3.34. The lowest BCUT2D eigenvalue weighted by Crippen LogP contribution is -1.91. The lowest BCUT2D eigenvalue weighted by atomic mass is 10.2. The minimum atomic E-state index is 0.492. The van der Waals surface area contributed by atoms with E-state index in [0.717, 1.165) is 14.8 Å². The summed E-state index contributed by atoms with van der Waals surface area (Å²) < 4.78 is 0.910. The van der Waals surface area contributed by atoms with Crippen molar-refractivity contribution >= 4 is 37.8 Å². The summed E-state index contributed by atoms with van der Waals surface area (Å²) in [7, 11) is 0. The topological polar surface area (TPSA) is 38.9 Å². The van der Waals surface area contributed by atoms with Crippen molar-refractivity contribution in [1.29, 1.82) is 0 Å². The van der Waals surface area contributed by atoms with Gasteiger partial charge in [0.2, 0.25) is 0 Å². The van der Waals surface area contributed by atoms with Gasteiger partial charge in [0.05, 0.1) is 9.27 Å². The van der Waals surface area contributed by atoms with Crippen molar-refractivity contribution in [1.82, 2.24) is 4.98 Å². The molecule has 0 unspecified atom stereocenters. The number of nitrogens with two attached hydrogens (primary N) is 1. The average molecular weight is 295 g/mol. The molecule has 0 bridgehead atoms. The van der Waals surface area contributed by atoms with Crippen LogP contribution >= 0.6 is 34.2 Å².